The van der Waals surface area contributed by atoms with E-state index in [-0.39, 0.29) is 0 Å². The number of aromatic nitrogens is 2. The van der Waals surface area contributed by atoms with Crippen LogP contribution in [0, 0.1) is 11.8 Å². The molecule has 0 amide bonds. The fourth-order valence-corrected chi connectivity index (χ4v) is 2.87. The second-order valence-corrected chi connectivity index (χ2v) is 5.59. The van der Waals surface area contributed by atoms with E-state index in [1.54, 1.807) is 4.68 Å². The Morgan fingerprint density at radius 1 is 1.50 bits per heavy atom. The highest BCUT2D eigenvalue weighted by Gasteiger charge is 2.38. The number of rotatable bonds is 2. The van der Waals surface area contributed by atoms with E-state index in [1.807, 2.05) is 19.4 Å². The van der Waals surface area contributed by atoms with Crippen LogP contribution in [0.1, 0.15) is 38.7 Å². The second-order valence-electron chi connectivity index (χ2n) is 5.59. The summed E-state index contributed by atoms with van der Waals surface area (Å²) in [7, 11) is 1.92. The molecule has 1 aliphatic rings. The summed E-state index contributed by atoms with van der Waals surface area (Å²) < 4.78 is 1.80. The number of aryl methyl sites for hydroxylation is 1. The van der Waals surface area contributed by atoms with Gasteiger partial charge in [-0.15, -0.1) is 0 Å². The van der Waals surface area contributed by atoms with E-state index in [9.17, 15) is 5.11 Å². The van der Waals surface area contributed by atoms with Gasteiger partial charge in [0.1, 0.15) is 0 Å². The number of hydrogen-bond donors (Lipinski definition) is 1. The smallest absolute Gasteiger partial charge is 0.0717 e. The van der Waals surface area contributed by atoms with Crippen molar-refractivity contribution in [1.82, 2.24) is 9.78 Å². The van der Waals surface area contributed by atoms with Crippen LogP contribution in [0.5, 0.6) is 0 Å². The molecule has 0 bridgehead atoms. The average molecular weight is 222 g/mol. The van der Waals surface area contributed by atoms with Crippen LogP contribution in [0.3, 0.4) is 0 Å². The lowest BCUT2D eigenvalue weighted by Crippen LogP contribution is -2.43. The number of nitrogens with zero attached hydrogens (tertiary/aromatic N) is 2. The Labute approximate surface area is 97.5 Å². The standard InChI is InChI=1S/C13H22N2O/c1-10-4-5-11(2)13(16,6-10)7-12-8-14-15(3)9-12/h8-11,16H,4-7H2,1-3H3. The zero-order chi connectivity index (χ0) is 11.8. The fraction of sp³-hybridized carbons (Fsp3) is 0.769. The lowest BCUT2D eigenvalue weighted by molar-refractivity contribution is -0.0560. The summed E-state index contributed by atoms with van der Waals surface area (Å²) in [6.07, 6.45) is 7.91. The van der Waals surface area contributed by atoms with E-state index >= 15 is 0 Å². The second kappa shape index (κ2) is 4.21. The molecule has 1 heterocycles. The third-order valence-corrected chi connectivity index (χ3v) is 3.98. The van der Waals surface area contributed by atoms with Crippen molar-refractivity contribution in [3.05, 3.63) is 18.0 Å². The van der Waals surface area contributed by atoms with E-state index in [0.29, 0.717) is 11.8 Å². The highest BCUT2D eigenvalue weighted by Crippen LogP contribution is 2.38. The van der Waals surface area contributed by atoms with Gasteiger partial charge in [-0.25, -0.2) is 0 Å². The molecule has 1 aliphatic carbocycles. The molecule has 3 nitrogen and oxygen atoms in total. The van der Waals surface area contributed by atoms with Gasteiger partial charge in [0.2, 0.25) is 0 Å². The lowest BCUT2D eigenvalue weighted by Gasteiger charge is -2.41. The predicted octanol–water partition coefficient (Wildman–Crippen LogP) is 2.15. The molecule has 3 heteroatoms. The average Bonchev–Trinajstić information content (AvgIpc) is 2.58. The molecule has 3 atom stereocenters. The van der Waals surface area contributed by atoms with Crippen LogP contribution in [0.25, 0.3) is 0 Å². The Morgan fingerprint density at radius 3 is 2.88 bits per heavy atom. The fourth-order valence-electron chi connectivity index (χ4n) is 2.87. The molecule has 1 saturated carbocycles. The maximum absolute atomic E-state index is 10.7. The van der Waals surface area contributed by atoms with Crippen LogP contribution in [-0.2, 0) is 13.5 Å². The third-order valence-electron chi connectivity index (χ3n) is 3.98. The van der Waals surface area contributed by atoms with Gasteiger partial charge in [-0.2, -0.15) is 5.10 Å². The first-order valence-corrected chi connectivity index (χ1v) is 6.19. The molecule has 3 unspecified atom stereocenters. The van der Waals surface area contributed by atoms with Crippen LogP contribution in [-0.4, -0.2) is 20.5 Å². The quantitative estimate of drug-likeness (QED) is 0.832. The first-order chi connectivity index (χ1) is 7.49. The summed E-state index contributed by atoms with van der Waals surface area (Å²) in [4.78, 5) is 0. The molecule has 2 rings (SSSR count). The molecule has 16 heavy (non-hydrogen) atoms. The topological polar surface area (TPSA) is 38.1 Å². The van der Waals surface area contributed by atoms with Gasteiger partial charge in [-0.05, 0) is 30.2 Å². The molecular formula is C13H22N2O. The maximum atomic E-state index is 10.7. The van der Waals surface area contributed by atoms with Crippen molar-refractivity contribution in [2.45, 2.75) is 45.1 Å². The van der Waals surface area contributed by atoms with Crippen molar-refractivity contribution in [2.24, 2.45) is 18.9 Å². The highest BCUT2D eigenvalue weighted by atomic mass is 16.3. The van der Waals surface area contributed by atoms with Crippen LogP contribution in [0.2, 0.25) is 0 Å². The van der Waals surface area contributed by atoms with E-state index < -0.39 is 5.60 Å². The summed E-state index contributed by atoms with van der Waals surface area (Å²) in [5.41, 5.74) is 0.617. The van der Waals surface area contributed by atoms with Gasteiger partial charge in [0.15, 0.2) is 0 Å². The third kappa shape index (κ3) is 2.29. The molecule has 0 aliphatic heterocycles. The number of aliphatic hydroxyl groups is 1. The first kappa shape index (κ1) is 11.6. The van der Waals surface area contributed by atoms with Gasteiger partial charge < -0.3 is 5.11 Å². The minimum Gasteiger partial charge on any atom is -0.389 e. The molecule has 1 aromatic heterocycles. The molecule has 0 saturated heterocycles. The Morgan fingerprint density at radius 2 is 2.25 bits per heavy atom. The molecule has 1 fully saturated rings. The Hall–Kier alpha value is -0.830. The normalized spacial score (nSPS) is 35.2. The van der Waals surface area contributed by atoms with Gasteiger partial charge in [0.25, 0.3) is 0 Å². The van der Waals surface area contributed by atoms with Gasteiger partial charge in [0.05, 0.1) is 11.8 Å². The molecule has 0 aromatic carbocycles. The Balaban J connectivity index is 2.11. The lowest BCUT2D eigenvalue weighted by atomic mass is 9.70. The summed E-state index contributed by atoms with van der Waals surface area (Å²) >= 11 is 0. The van der Waals surface area contributed by atoms with Gasteiger partial charge in [0, 0.05) is 19.7 Å². The largest absolute Gasteiger partial charge is 0.389 e. The van der Waals surface area contributed by atoms with Crippen LogP contribution < -0.4 is 0 Å². The van der Waals surface area contributed by atoms with Crippen molar-refractivity contribution in [1.29, 1.82) is 0 Å². The number of hydrogen-bond acceptors (Lipinski definition) is 2. The Kier molecular flexibility index (Phi) is 3.06. The molecular weight excluding hydrogens is 200 g/mol. The van der Waals surface area contributed by atoms with Crippen molar-refractivity contribution < 1.29 is 5.11 Å². The minimum absolute atomic E-state index is 0.393. The van der Waals surface area contributed by atoms with Gasteiger partial charge in [-0.3, -0.25) is 4.68 Å². The van der Waals surface area contributed by atoms with Crippen LogP contribution >= 0.6 is 0 Å². The van der Waals surface area contributed by atoms with E-state index in [1.165, 1.54) is 6.42 Å². The summed E-state index contributed by atoms with van der Waals surface area (Å²) in [5.74, 6) is 1.03. The monoisotopic (exact) mass is 222 g/mol. The highest BCUT2D eigenvalue weighted by molar-refractivity contribution is 5.10. The van der Waals surface area contributed by atoms with Crippen molar-refractivity contribution in [2.75, 3.05) is 0 Å². The maximum Gasteiger partial charge on any atom is 0.0717 e. The van der Waals surface area contributed by atoms with E-state index in [4.69, 9.17) is 0 Å². The molecule has 0 radical (unpaired) electrons. The van der Waals surface area contributed by atoms with Crippen molar-refractivity contribution in [3.63, 3.8) is 0 Å². The van der Waals surface area contributed by atoms with Crippen LogP contribution in [0.4, 0.5) is 0 Å². The zero-order valence-corrected chi connectivity index (χ0v) is 10.5. The molecule has 0 spiro atoms. The summed E-state index contributed by atoms with van der Waals surface area (Å²) in [6.45, 7) is 4.41. The Bertz CT molecular complexity index is 361. The van der Waals surface area contributed by atoms with Crippen LogP contribution in [0.15, 0.2) is 12.4 Å². The summed E-state index contributed by atoms with van der Waals surface area (Å²) in [6, 6.07) is 0. The zero-order valence-electron chi connectivity index (χ0n) is 10.5. The SMILES string of the molecule is CC1CCC(C)C(O)(Cc2cnn(C)c2)C1. The van der Waals surface area contributed by atoms with Crippen molar-refractivity contribution in [3.8, 4) is 0 Å². The summed E-state index contributed by atoms with van der Waals surface area (Å²) in [5, 5.41) is 14.9. The van der Waals surface area contributed by atoms with E-state index in [0.717, 1.165) is 24.8 Å². The predicted molar refractivity (Wildman–Crippen MR) is 64.0 cm³/mol. The first-order valence-electron chi connectivity index (χ1n) is 6.19. The minimum atomic E-state index is -0.527. The molecule has 1 aromatic rings. The van der Waals surface area contributed by atoms with Gasteiger partial charge in [-0.1, -0.05) is 20.3 Å². The van der Waals surface area contributed by atoms with E-state index in [2.05, 4.69) is 18.9 Å². The van der Waals surface area contributed by atoms with Crippen molar-refractivity contribution >= 4 is 0 Å². The molecule has 90 valence electrons. The van der Waals surface area contributed by atoms with Gasteiger partial charge >= 0.3 is 0 Å². The molecule has 1 N–H and O–H groups in total.